The predicted molar refractivity (Wildman–Crippen MR) is 33.4 cm³/mol. The van der Waals surface area contributed by atoms with Gasteiger partial charge in [-0.25, -0.2) is 0 Å². The molecule has 0 aliphatic rings. The van der Waals surface area contributed by atoms with Gasteiger partial charge >= 0.3 is 0 Å². The van der Waals surface area contributed by atoms with E-state index in [9.17, 15) is 4.79 Å². The zero-order chi connectivity index (χ0) is 5.86. The number of rotatable bonds is 1. The number of allylic oxidation sites excluding steroid dienone is 2. The first-order chi connectivity index (χ1) is 3.18. The van der Waals surface area contributed by atoms with E-state index in [1.54, 1.807) is 6.92 Å². The number of carbonyl (C=O) groups is 1. The molecule has 0 spiro atoms. The van der Waals surface area contributed by atoms with Crippen LogP contribution in [0.25, 0.3) is 0 Å². The molecule has 0 aliphatic heterocycles. The van der Waals surface area contributed by atoms with E-state index in [4.69, 9.17) is 0 Å². The highest BCUT2D eigenvalue weighted by molar-refractivity contribution is 9.11. The van der Waals surface area contributed by atoms with Gasteiger partial charge in [-0.3, -0.25) is 4.79 Å². The third-order valence-electron chi connectivity index (χ3n) is 0.720. The van der Waals surface area contributed by atoms with Crippen LogP contribution in [0.3, 0.4) is 0 Å². The van der Waals surface area contributed by atoms with Crippen LogP contribution in [0.5, 0.6) is 0 Å². The summed E-state index contributed by atoms with van der Waals surface area (Å²) in [6.45, 7) is 3.60. The number of halogens is 1. The molecule has 7 heavy (non-hydrogen) atoms. The van der Waals surface area contributed by atoms with Crippen molar-refractivity contribution in [1.29, 1.82) is 0 Å². The van der Waals surface area contributed by atoms with Crippen molar-refractivity contribution in [3.8, 4) is 0 Å². The Morgan fingerprint density at radius 2 is 2.00 bits per heavy atom. The van der Waals surface area contributed by atoms with Crippen LogP contribution in [0.2, 0.25) is 0 Å². The Labute approximate surface area is 51.5 Å². The Kier molecular flexibility index (Phi) is 2.92. The van der Waals surface area contributed by atoms with Crippen molar-refractivity contribution in [3.63, 3.8) is 0 Å². The Morgan fingerprint density at radius 3 is 2.00 bits per heavy atom. The summed E-state index contributed by atoms with van der Waals surface area (Å²) in [6, 6.07) is 0. The van der Waals surface area contributed by atoms with Gasteiger partial charge in [-0.2, -0.15) is 0 Å². The third-order valence-corrected chi connectivity index (χ3v) is 1.35. The molecule has 0 fully saturated rings. The number of hydrogen-bond donors (Lipinski definition) is 0. The molecular formula is C5H7BrO. The average Bonchev–Trinajstić information content (AvgIpc) is 1.65. The zero-order valence-electron chi connectivity index (χ0n) is 4.36. The molecule has 0 unspecified atom stereocenters. The second-order valence-corrected chi connectivity index (χ2v) is 2.52. The van der Waals surface area contributed by atoms with Gasteiger partial charge in [0, 0.05) is 0 Å². The molecule has 2 heteroatoms. The Hall–Kier alpha value is -0.110. The molecule has 0 saturated carbocycles. The summed E-state index contributed by atoms with van der Waals surface area (Å²) < 4.78 is 0.905. The Balaban J connectivity index is 3.98. The standard InChI is InChI=1S/C5H7BrO/c1-4(3-7)5(2)6/h3H,1-2H3/b5-4+. The van der Waals surface area contributed by atoms with Crippen LogP contribution in [0, 0.1) is 0 Å². The summed E-state index contributed by atoms with van der Waals surface area (Å²) in [5.41, 5.74) is 0.750. The van der Waals surface area contributed by atoms with Crippen molar-refractivity contribution < 1.29 is 4.79 Å². The molecule has 1 nitrogen and oxygen atoms in total. The SMILES string of the molecule is C/C(Br)=C(/C)C=O. The van der Waals surface area contributed by atoms with Gasteiger partial charge in [0.2, 0.25) is 0 Å². The van der Waals surface area contributed by atoms with E-state index in [1.807, 2.05) is 6.92 Å². The fourth-order valence-electron chi connectivity index (χ4n) is 0.0812. The van der Waals surface area contributed by atoms with E-state index in [2.05, 4.69) is 15.9 Å². The molecule has 0 heterocycles. The lowest BCUT2D eigenvalue weighted by atomic mass is 10.3. The summed E-state index contributed by atoms with van der Waals surface area (Å²) in [5, 5.41) is 0. The number of aldehydes is 1. The van der Waals surface area contributed by atoms with E-state index in [0.717, 1.165) is 16.3 Å². The Bertz CT molecular complexity index is 101. The summed E-state index contributed by atoms with van der Waals surface area (Å²) >= 11 is 3.15. The lowest BCUT2D eigenvalue weighted by Gasteiger charge is -1.84. The Morgan fingerprint density at radius 1 is 1.57 bits per heavy atom. The predicted octanol–water partition coefficient (Wildman–Crippen LogP) is 1.87. The molecule has 0 saturated heterocycles. The molecule has 0 radical (unpaired) electrons. The van der Waals surface area contributed by atoms with Crippen molar-refractivity contribution >= 4 is 22.2 Å². The van der Waals surface area contributed by atoms with Crippen molar-refractivity contribution in [2.45, 2.75) is 13.8 Å². The lowest BCUT2D eigenvalue weighted by Crippen LogP contribution is -1.75. The molecule has 0 N–H and O–H groups in total. The third kappa shape index (κ3) is 2.57. The van der Waals surface area contributed by atoms with Crippen LogP contribution in [-0.2, 0) is 4.79 Å². The summed E-state index contributed by atoms with van der Waals surface area (Å²) in [4.78, 5) is 9.86. The molecule has 0 aromatic rings. The molecule has 0 aromatic heterocycles. The largest absolute Gasteiger partial charge is 0.298 e. The lowest BCUT2D eigenvalue weighted by molar-refractivity contribution is -0.104. The normalized spacial score (nSPS) is 13.0. The van der Waals surface area contributed by atoms with Crippen LogP contribution in [0.1, 0.15) is 13.8 Å². The van der Waals surface area contributed by atoms with E-state index < -0.39 is 0 Å². The first-order valence-corrected chi connectivity index (χ1v) is 2.76. The van der Waals surface area contributed by atoms with Crippen molar-refractivity contribution in [2.24, 2.45) is 0 Å². The van der Waals surface area contributed by atoms with E-state index >= 15 is 0 Å². The van der Waals surface area contributed by atoms with Gasteiger partial charge in [-0.1, -0.05) is 15.9 Å². The number of carbonyl (C=O) groups excluding carboxylic acids is 1. The minimum Gasteiger partial charge on any atom is -0.298 e. The summed E-state index contributed by atoms with van der Waals surface area (Å²) in [6.07, 6.45) is 0.823. The molecule has 0 aliphatic carbocycles. The summed E-state index contributed by atoms with van der Waals surface area (Å²) in [5.74, 6) is 0. The van der Waals surface area contributed by atoms with Crippen molar-refractivity contribution in [1.82, 2.24) is 0 Å². The van der Waals surface area contributed by atoms with E-state index in [0.29, 0.717) is 0 Å². The second-order valence-electron chi connectivity index (χ2n) is 1.33. The zero-order valence-corrected chi connectivity index (χ0v) is 5.95. The van der Waals surface area contributed by atoms with Gasteiger partial charge in [-0.05, 0) is 23.9 Å². The monoisotopic (exact) mass is 162 g/mol. The molecule has 0 bridgehead atoms. The van der Waals surface area contributed by atoms with Gasteiger partial charge in [0.25, 0.3) is 0 Å². The molecular weight excluding hydrogens is 156 g/mol. The highest BCUT2D eigenvalue weighted by Gasteiger charge is 1.85. The first-order valence-electron chi connectivity index (χ1n) is 1.96. The van der Waals surface area contributed by atoms with Gasteiger partial charge in [0.1, 0.15) is 6.29 Å². The molecule has 0 rings (SSSR count). The maximum atomic E-state index is 9.86. The topological polar surface area (TPSA) is 17.1 Å². The fourth-order valence-corrected chi connectivity index (χ4v) is 0.175. The molecule has 0 atom stereocenters. The summed E-state index contributed by atoms with van der Waals surface area (Å²) in [7, 11) is 0. The van der Waals surface area contributed by atoms with Crippen LogP contribution < -0.4 is 0 Å². The van der Waals surface area contributed by atoms with Crippen LogP contribution in [0.15, 0.2) is 10.1 Å². The van der Waals surface area contributed by atoms with Crippen molar-refractivity contribution in [3.05, 3.63) is 10.1 Å². The first kappa shape index (κ1) is 6.89. The maximum Gasteiger partial charge on any atom is 0.146 e. The highest BCUT2D eigenvalue weighted by atomic mass is 79.9. The van der Waals surface area contributed by atoms with Crippen LogP contribution in [-0.4, -0.2) is 6.29 Å². The average molecular weight is 163 g/mol. The van der Waals surface area contributed by atoms with Gasteiger partial charge in [-0.15, -0.1) is 0 Å². The maximum absolute atomic E-state index is 9.86. The second kappa shape index (κ2) is 2.97. The van der Waals surface area contributed by atoms with Gasteiger partial charge in [0.15, 0.2) is 0 Å². The van der Waals surface area contributed by atoms with Crippen LogP contribution >= 0.6 is 15.9 Å². The smallest absolute Gasteiger partial charge is 0.146 e. The molecule has 0 amide bonds. The minimum absolute atomic E-state index is 0.750. The van der Waals surface area contributed by atoms with E-state index in [-0.39, 0.29) is 0 Å². The number of hydrogen-bond acceptors (Lipinski definition) is 1. The molecule has 0 aromatic carbocycles. The van der Waals surface area contributed by atoms with Gasteiger partial charge in [0.05, 0.1) is 0 Å². The quantitative estimate of drug-likeness (QED) is 0.426. The molecule has 40 valence electrons. The van der Waals surface area contributed by atoms with E-state index in [1.165, 1.54) is 0 Å². The fraction of sp³-hybridized carbons (Fsp3) is 0.400. The highest BCUT2D eigenvalue weighted by Crippen LogP contribution is 2.06. The van der Waals surface area contributed by atoms with Crippen LogP contribution in [0.4, 0.5) is 0 Å². The van der Waals surface area contributed by atoms with Crippen molar-refractivity contribution in [2.75, 3.05) is 0 Å². The minimum atomic E-state index is 0.750. The van der Waals surface area contributed by atoms with Gasteiger partial charge < -0.3 is 0 Å².